The molecule has 3 saturated carbocycles. The molecule has 2 saturated heterocycles. The molecular weight excluding hydrogens is 196 g/mol. The molecule has 5 fully saturated rings. The minimum Gasteiger partial charge on any atom is -0.298 e. The van der Waals surface area contributed by atoms with E-state index in [1.54, 1.807) is 6.42 Å². The highest BCUT2D eigenvalue weighted by molar-refractivity contribution is 5.02. The molecule has 0 N–H and O–H groups in total. The number of fused-ring (bicyclic) bond motifs is 3. The molecule has 2 heteroatoms. The van der Waals surface area contributed by atoms with E-state index in [2.05, 4.69) is 9.80 Å². The Morgan fingerprint density at radius 3 is 2.38 bits per heavy atom. The normalized spacial score (nSPS) is 48.8. The van der Waals surface area contributed by atoms with E-state index in [1.165, 1.54) is 58.3 Å². The zero-order valence-electron chi connectivity index (χ0n) is 10.3. The van der Waals surface area contributed by atoms with Crippen LogP contribution in [0.3, 0.4) is 0 Å². The summed E-state index contributed by atoms with van der Waals surface area (Å²) in [6.07, 6.45) is 9.08. The van der Waals surface area contributed by atoms with E-state index < -0.39 is 0 Å². The lowest BCUT2D eigenvalue weighted by Crippen LogP contribution is -2.62. The summed E-state index contributed by atoms with van der Waals surface area (Å²) in [4.78, 5) is 5.62. The van der Waals surface area contributed by atoms with Gasteiger partial charge in [-0.25, -0.2) is 0 Å². The highest BCUT2D eigenvalue weighted by Gasteiger charge is 2.48. The Balaban J connectivity index is 1.45. The molecule has 3 atom stereocenters. The van der Waals surface area contributed by atoms with Gasteiger partial charge in [0.25, 0.3) is 0 Å². The summed E-state index contributed by atoms with van der Waals surface area (Å²) >= 11 is 0. The Morgan fingerprint density at radius 1 is 0.750 bits per heavy atom. The molecule has 90 valence electrons. The van der Waals surface area contributed by atoms with Gasteiger partial charge in [-0.2, -0.15) is 0 Å². The van der Waals surface area contributed by atoms with Crippen molar-refractivity contribution in [3.8, 4) is 0 Å². The topological polar surface area (TPSA) is 6.48 Å². The molecule has 0 amide bonds. The molecule has 16 heavy (non-hydrogen) atoms. The fourth-order valence-electron chi connectivity index (χ4n) is 4.96. The fraction of sp³-hybridized carbons (Fsp3) is 1.00. The van der Waals surface area contributed by atoms with Crippen molar-refractivity contribution in [3.05, 3.63) is 0 Å². The summed E-state index contributed by atoms with van der Waals surface area (Å²) in [5.74, 6) is 2.18. The smallest absolute Gasteiger partial charge is 0.0224 e. The molecule has 5 aliphatic rings. The average Bonchev–Trinajstić information content (AvgIpc) is 2.77. The fourth-order valence-corrected chi connectivity index (χ4v) is 4.96. The maximum atomic E-state index is 2.88. The van der Waals surface area contributed by atoms with Gasteiger partial charge in [0, 0.05) is 31.7 Å². The number of hydrogen-bond acceptors (Lipinski definition) is 2. The third kappa shape index (κ3) is 1.39. The van der Waals surface area contributed by atoms with Crippen molar-refractivity contribution in [3.63, 3.8) is 0 Å². The van der Waals surface area contributed by atoms with Gasteiger partial charge < -0.3 is 0 Å². The van der Waals surface area contributed by atoms with Gasteiger partial charge >= 0.3 is 0 Å². The van der Waals surface area contributed by atoms with Gasteiger partial charge in [-0.1, -0.05) is 6.42 Å². The van der Waals surface area contributed by atoms with Crippen molar-refractivity contribution in [1.29, 1.82) is 0 Å². The highest BCUT2D eigenvalue weighted by atomic mass is 15.3. The van der Waals surface area contributed by atoms with Crippen LogP contribution >= 0.6 is 0 Å². The molecule has 3 unspecified atom stereocenters. The maximum absolute atomic E-state index is 2.88. The summed E-state index contributed by atoms with van der Waals surface area (Å²) in [7, 11) is 0. The second-order valence-corrected chi connectivity index (χ2v) is 6.50. The van der Waals surface area contributed by atoms with Gasteiger partial charge in [0.2, 0.25) is 0 Å². The lowest BCUT2D eigenvalue weighted by molar-refractivity contribution is -0.0643. The molecule has 0 spiro atoms. The Hall–Kier alpha value is -0.0800. The van der Waals surface area contributed by atoms with E-state index in [0.717, 1.165) is 23.9 Å². The van der Waals surface area contributed by atoms with E-state index in [0.29, 0.717) is 0 Å². The van der Waals surface area contributed by atoms with Crippen LogP contribution < -0.4 is 0 Å². The SMILES string of the molecule is C1CC2CC(C1)C2N1CCN2CCCC2C1. The van der Waals surface area contributed by atoms with Crippen molar-refractivity contribution in [1.82, 2.24) is 9.80 Å². The van der Waals surface area contributed by atoms with Gasteiger partial charge in [0.05, 0.1) is 0 Å². The minimum atomic E-state index is 0.926. The molecule has 0 aromatic rings. The standard InChI is InChI=1S/C14H24N2/c1-3-11-9-12(4-1)14(11)16-8-7-15-6-2-5-13(15)10-16/h11-14H,1-10H2. The van der Waals surface area contributed by atoms with E-state index in [9.17, 15) is 0 Å². The lowest BCUT2D eigenvalue weighted by Gasteiger charge is -2.56. The minimum absolute atomic E-state index is 0.926. The monoisotopic (exact) mass is 220 g/mol. The van der Waals surface area contributed by atoms with Crippen molar-refractivity contribution in [2.75, 3.05) is 26.2 Å². The van der Waals surface area contributed by atoms with Crippen LogP contribution in [-0.4, -0.2) is 48.1 Å². The third-order valence-electron chi connectivity index (χ3n) is 5.76. The van der Waals surface area contributed by atoms with E-state index in [4.69, 9.17) is 0 Å². The van der Waals surface area contributed by atoms with Crippen LogP contribution in [0.15, 0.2) is 0 Å². The molecular formula is C14H24N2. The Bertz CT molecular complexity index is 264. The van der Waals surface area contributed by atoms with Gasteiger partial charge in [0.15, 0.2) is 0 Å². The average molecular weight is 220 g/mol. The summed E-state index contributed by atoms with van der Waals surface area (Å²) in [6, 6.07) is 1.94. The van der Waals surface area contributed by atoms with Crippen LogP contribution in [-0.2, 0) is 0 Å². The second-order valence-electron chi connectivity index (χ2n) is 6.50. The summed E-state index contributed by atoms with van der Waals surface area (Å²) < 4.78 is 0. The summed E-state index contributed by atoms with van der Waals surface area (Å²) in [5.41, 5.74) is 0. The number of hydrogen-bond donors (Lipinski definition) is 0. The van der Waals surface area contributed by atoms with Gasteiger partial charge in [0.1, 0.15) is 0 Å². The van der Waals surface area contributed by atoms with Crippen LogP contribution in [0.5, 0.6) is 0 Å². The van der Waals surface area contributed by atoms with E-state index in [-0.39, 0.29) is 0 Å². The zero-order chi connectivity index (χ0) is 10.5. The molecule has 0 aromatic carbocycles. The molecule has 3 aliphatic carbocycles. The molecule has 5 rings (SSSR count). The predicted octanol–water partition coefficient (Wildman–Crippen LogP) is 1.96. The van der Waals surface area contributed by atoms with Crippen molar-refractivity contribution in [2.45, 2.75) is 50.6 Å². The van der Waals surface area contributed by atoms with Crippen LogP contribution in [0.2, 0.25) is 0 Å². The zero-order valence-corrected chi connectivity index (χ0v) is 10.3. The number of rotatable bonds is 1. The first-order valence-electron chi connectivity index (χ1n) is 7.40. The highest BCUT2D eigenvalue weighted by Crippen LogP contribution is 2.49. The Labute approximate surface area is 99.0 Å². The molecule has 2 nitrogen and oxygen atoms in total. The van der Waals surface area contributed by atoms with Gasteiger partial charge in [-0.05, 0) is 50.5 Å². The number of nitrogens with zero attached hydrogens (tertiary/aromatic N) is 2. The van der Waals surface area contributed by atoms with Crippen molar-refractivity contribution >= 4 is 0 Å². The van der Waals surface area contributed by atoms with Crippen LogP contribution in [0, 0.1) is 11.8 Å². The molecule has 2 aliphatic heterocycles. The Kier molecular flexibility index (Phi) is 2.29. The van der Waals surface area contributed by atoms with Gasteiger partial charge in [-0.3, -0.25) is 9.80 Å². The van der Waals surface area contributed by atoms with Crippen LogP contribution in [0.1, 0.15) is 38.5 Å². The van der Waals surface area contributed by atoms with Crippen LogP contribution in [0.4, 0.5) is 0 Å². The van der Waals surface area contributed by atoms with Crippen molar-refractivity contribution in [2.24, 2.45) is 11.8 Å². The van der Waals surface area contributed by atoms with E-state index >= 15 is 0 Å². The second kappa shape index (κ2) is 3.71. The maximum Gasteiger partial charge on any atom is 0.0224 e. The lowest BCUT2D eigenvalue weighted by atomic mass is 9.60. The quantitative estimate of drug-likeness (QED) is 0.666. The first-order valence-corrected chi connectivity index (χ1v) is 7.40. The van der Waals surface area contributed by atoms with Crippen LogP contribution in [0.25, 0.3) is 0 Å². The van der Waals surface area contributed by atoms with E-state index in [1.807, 2.05) is 0 Å². The first kappa shape index (κ1) is 9.90. The Morgan fingerprint density at radius 2 is 1.56 bits per heavy atom. The summed E-state index contributed by atoms with van der Waals surface area (Å²) in [5, 5.41) is 0. The molecule has 0 aromatic heterocycles. The third-order valence-corrected chi connectivity index (χ3v) is 5.76. The largest absolute Gasteiger partial charge is 0.298 e. The molecule has 0 radical (unpaired) electrons. The van der Waals surface area contributed by atoms with Gasteiger partial charge in [-0.15, -0.1) is 0 Å². The summed E-state index contributed by atoms with van der Waals surface area (Å²) in [6.45, 7) is 5.52. The number of piperazine rings is 1. The first-order chi connectivity index (χ1) is 7.92. The predicted molar refractivity (Wildman–Crippen MR) is 65.4 cm³/mol. The molecule has 2 heterocycles. The van der Waals surface area contributed by atoms with Crippen molar-refractivity contribution < 1.29 is 0 Å². The molecule has 2 bridgehead atoms.